The van der Waals surface area contributed by atoms with Crippen molar-refractivity contribution >= 4 is 69.5 Å². The normalized spacial score (nSPS) is 21.6. The van der Waals surface area contributed by atoms with Gasteiger partial charge in [0.05, 0.1) is 34.8 Å². The first kappa shape index (κ1) is 41.7. The van der Waals surface area contributed by atoms with Crippen LogP contribution in [-0.2, 0) is 9.59 Å². The van der Waals surface area contributed by atoms with Crippen molar-refractivity contribution in [3.63, 3.8) is 0 Å². The first-order valence-electron chi connectivity index (χ1n) is 21.7. The van der Waals surface area contributed by atoms with E-state index in [1.54, 1.807) is 36.5 Å². The number of aromatic nitrogens is 5. The van der Waals surface area contributed by atoms with Crippen LogP contribution in [0.4, 0.5) is 38.0 Å². The summed E-state index contributed by atoms with van der Waals surface area (Å²) in [6, 6.07) is 7.77. The number of nitrogens with two attached hydrogens (primary N) is 1. The molecule has 63 heavy (non-hydrogen) atoms. The van der Waals surface area contributed by atoms with E-state index < -0.39 is 29.6 Å². The molecule has 0 aliphatic carbocycles. The second-order valence-corrected chi connectivity index (χ2v) is 17.1. The van der Waals surface area contributed by atoms with Crippen molar-refractivity contribution in [3.05, 3.63) is 53.7 Å². The molecule has 6 amide bonds. The molecule has 9 rings (SSSR count). The topological polar surface area (TPSA) is 234 Å². The number of imide groups is 1. The Hall–Kier alpha value is -6.64. The Balaban J connectivity index is 0.769. The van der Waals surface area contributed by atoms with Crippen LogP contribution in [0.1, 0.15) is 59.4 Å². The second-order valence-electron chi connectivity index (χ2n) is 17.1. The molecule has 5 saturated heterocycles. The van der Waals surface area contributed by atoms with E-state index in [2.05, 4.69) is 55.8 Å². The average Bonchev–Trinajstić information content (AvgIpc) is 3.91. The number of nitrogens with zero attached hydrogens (tertiary/aromatic N) is 10. The van der Waals surface area contributed by atoms with Gasteiger partial charge in [-0.1, -0.05) is 0 Å². The predicted octanol–water partition coefficient (Wildman–Crippen LogP) is 1.64. The third-order valence-electron chi connectivity index (χ3n) is 13.0. The van der Waals surface area contributed by atoms with Crippen LogP contribution in [0.25, 0.3) is 11.0 Å². The standard InChI is InChI=1S/C42H52FN15O5/c1-53-15-20-58(42(53)63)27-3-2-12-57(23-27)41-50-38(36(37(44)60)51-52-41)47-26-4-7-31(29(43)21-26)56-18-16-54(17-19-56)22-25-10-13-55(14-11-25)32-8-5-28(34-35(32)46-24-45-34)39(61)48-30-6-9-33(59)49-40(30)62/h4-5,7-8,21,24-25,27,30H,2-3,6,9-20,22-23H2,1H3,(H2,44,60)(H,45,46)(H,48,61)(H,47,50,52)(H,49,59,62)/t27-,30?/m1/s1. The van der Waals surface area contributed by atoms with Gasteiger partial charge in [-0.2, -0.15) is 4.98 Å². The quantitative estimate of drug-likeness (QED) is 0.135. The summed E-state index contributed by atoms with van der Waals surface area (Å²) >= 11 is 0. The zero-order chi connectivity index (χ0) is 43.8. The SMILES string of the molecule is CN1CCN([C@@H]2CCCN(c3nnc(C(N)=O)c(Nc4ccc(N5CCN(CC6CCN(c7ccc(C(=O)NC8CCC(=O)NC8=O)c8nc[nH]c78)CC6)CC5)c(F)c4)n3)C2)C1=O. The summed E-state index contributed by atoms with van der Waals surface area (Å²) in [5.74, 6) is -1.59. The van der Waals surface area contributed by atoms with Crippen LogP contribution in [0.5, 0.6) is 0 Å². The molecule has 4 aromatic rings. The van der Waals surface area contributed by atoms with Gasteiger partial charge < -0.3 is 45.9 Å². The third-order valence-corrected chi connectivity index (χ3v) is 13.0. The summed E-state index contributed by atoms with van der Waals surface area (Å²) in [5, 5.41) is 16.4. The molecule has 5 aliphatic rings. The first-order valence-corrected chi connectivity index (χ1v) is 21.7. The molecule has 5 aliphatic heterocycles. The minimum Gasteiger partial charge on any atom is -0.370 e. The van der Waals surface area contributed by atoms with Crippen LogP contribution in [-0.4, -0.2) is 161 Å². The second kappa shape index (κ2) is 17.6. The van der Waals surface area contributed by atoms with Crippen molar-refractivity contribution in [2.75, 3.05) is 99.1 Å². The number of aromatic amines is 1. The van der Waals surface area contributed by atoms with E-state index in [1.165, 1.54) is 6.07 Å². The highest BCUT2D eigenvalue weighted by Gasteiger charge is 2.36. The van der Waals surface area contributed by atoms with Gasteiger partial charge in [0.2, 0.25) is 17.8 Å². The summed E-state index contributed by atoms with van der Waals surface area (Å²) in [5.41, 5.74) is 8.99. The molecule has 2 aromatic heterocycles. The lowest BCUT2D eigenvalue weighted by atomic mass is 9.95. The molecule has 2 aromatic carbocycles. The van der Waals surface area contributed by atoms with Crippen LogP contribution in [0, 0.1) is 11.7 Å². The number of imidazole rings is 1. The fraction of sp³-hybridized carbons (Fsp3) is 0.500. The molecule has 7 heterocycles. The van der Waals surface area contributed by atoms with Gasteiger partial charge in [-0.25, -0.2) is 14.2 Å². The smallest absolute Gasteiger partial charge is 0.320 e. The highest BCUT2D eigenvalue weighted by atomic mass is 19.1. The number of piperidine rings is 3. The van der Waals surface area contributed by atoms with E-state index in [4.69, 9.17) is 5.73 Å². The Bertz CT molecular complexity index is 2420. The lowest BCUT2D eigenvalue weighted by molar-refractivity contribution is -0.134. The maximum absolute atomic E-state index is 15.8. The maximum atomic E-state index is 15.8. The van der Waals surface area contributed by atoms with Crippen molar-refractivity contribution in [2.24, 2.45) is 11.7 Å². The number of H-pyrrole nitrogens is 1. The zero-order valence-corrected chi connectivity index (χ0v) is 35.2. The van der Waals surface area contributed by atoms with Gasteiger partial charge in [0.15, 0.2) is 11.5 Å². The fourth-order valence-corrected chi connectivity index (χ4v) is 9.51. The Morgan fingerprint density at radius 3 is 2.40 bits per heavy atom. The van der Waals surface area contributed by atoms with Gasteiger partial charge in [0.25, 0.3) is 11.8 Å². The van der Waals surface area contributed by atoms with Crippen molar-refractivity contribution in [1.82, 2.24) is 50.5 Å². The van der Waals surface area contributed by atoms with E-state index in [9.17, 15) is 24.0 Å². The molecule has 0 saturated carbocycles. The van der Waals surface area contributed by atoms with E-state index in [0.717, 1.165) is 69.6 Å². The zero-order valence-electron chi connectivity index (χ0n) is 35.2. The number of rotatable bonds is 11. The van der Waals surface area contributed by atoms with Crippen molar-refractivity contribution in [2.45, 2.75) is 50.6 Å². The minimum atomic E-state index is -0.814. The highest BCUT2D eigenvalue weighted by molar-refractivity contribution is 6.10. The first-order chi connectivity index (χ1) is 30.5. The van der Waals surface area contributed by atoms with Gasteiger partial charge in [-0.05, 0) is 68.4 Å². The third kappa shape index (κ3) is 8.73. The Morgan fingerprint density at radius 1 is 0.889 bits per heavy atom. The molecule has 1 unspecified atom stereocenters. The van der Waals surface area contributed by atoms with Crippen LogP contribution in [0.3, 0.4) is 0 Å². The number of nitrogens with one attached hydrogen (secondary N) is 4. The molecule has 5 fully saturated rings. The molecule has 2 atom stereocenters. The summed E-state index contributed by atoms with van der Waals surface area (Å²) in [6.07, 6.45) is 5.69. The Kier molecular flexibility index (Phi) is 11.7. The van der Waals surface area contributed by atoms with Gasteiger partial charge in [0.1, 0.15) is 17.4 Å². The van der Waals surface area contributed by atoms with Crippen LogP contribution >= 0.6 is 0 Å². The van der Waals surface area contributed by atoms with Gasteiger partial charge in [0, 0.05) is 91.1 Å². The Morgan fingerprint density at radius 2 is 1.67 bits per heavy atom. The molecule has 20 nitrogen and oxygen atoms in total. The molecule has 6 N–H and O–H groups in total. The molecular formula is C42H52FN15O5. The van der Waals surface area contributed by atoms with Gasteiger partial charge in [-0.15, -0.1) is 10.2 Å². The number of carbonyl (C=O) groups is 5. The predicted molar refractivity (Wildman–Crippen MR) is 231 cm³/mol. The van der Waals surface area contributed by atoms with Crippen molar-refractivity contribution in [3.8, 4) is 0 Å². The summed E-state index contributed by atoms with van der Waals surface area (Å²) in [6.45, 7) is 8.12. The lowest BCUT2D eigenvalue weighted by Crippen LogP contribution is -2.52. The van der Waals surface area contributed by atoms with Gasteiger partial charge >= 0.3 is 6.03 Å². The number of urea groups is 1. The maximum Gasteiger partial charge on any atom is 0.320 e. The number of anilines is 5. The summed E-state index contributed by atoms with van der Waals surface area (Å²) < 4.78 is 15.8. The van der Waals surface area contributed by atoms with E-state index in [-0.39, 0.29) is 42.3 Å². The number of hydrogen-bond acceptors (Lipinski definition) is 14. The Labute approximate surface area is 362 Å². The van der Waals surface area contributed by atoms with E-state index in [0.29, 0.717) is 73.6 Å². The molecule has 332 valence electrons. The molecule has 0 radical (unpaired) electrons. The summed E-state index contributed by atoms with van der Waals surface area (Å²) in [4.78, 5) is 86.6. The highest BCUT2D eigenvalue weighted by Crippen LogP contribution is 2.32. The number of fused-ring (bicyclic) bond motifs is 1. The average molecular weight is 866 g/mol. The number of benzene rings is 2. The monoisotopic (exact) mass is 865 g/mol. The number of likely N-dealkylation sites (N-methyl/N-ethyl adjacent to an activating group) is 1. The number of amides is 6. The van der Waals surface area contributed by atoms with Crippen molar-refractivity contribution in [1.29, 1.82) is 0 Å². The van der Waals surface area contributed by atoms with Crippen molar-refractivity contribution < 1.29 is 28.4 Å². The number of carbonyl (C=O) groups excluding carboxylic acids is 5. The summed E-state index contributed by atoms with van der Waals surface area (Å²) in [7, 11) is 1.80. The molecular weight excluding hydrogens is 814 g/mol. The van der Waals surface area contributed by atoms with E-state index in [1.807, 2.05) is 15.9 Å². The van der Waals surface area contributed by atoms with Gasteiger partial charge in [-0.3, -0.25) is 29.4 Å². The number of primary amides is 1. The largest absolute Gasteiger partial charge is 0.370 e. The number of halogens is 1. The van der Waals surface area contributed by atoms with E-state index >= 15 is 4.39 Å². The van der Waals surface area contributed by atoms with Crippen LogP contribution in [0.15, 0.2) is 36.7 Å². The minimum absolute atomic E-state index is 0.000955. The number of hydrogen-bond donors (Lipinski definition) is 5. The lowest BCUT2D eigenvalue weighted by Gasteiger charge is -2.40. The molecule has 0 spiro atoms. The molecule has 0 bridgehead atoms. The molecule has 21 heteroatoms. The number of piperazine rings is 1. The fourth-order valence-electron chi connectivity index (χ4n) is 9.51. The van der Waals surface area contributed by atoms with Crippen LogP contribution in [0.2, 0.25) is 0 Å². The van der Waals surface area contributed by atoms with Crippen LogP contribution < -0.4 is 36.4 Å².